The van der Waals surface area contributed by atoms with Gasteiger partial charge in [-0.25, -0.2) is 12.1 Å². The van der Waals surface area contributed by atoms with Crippen molar-refractivity contribution in [1.82, 2.24) is 0 Å². The molecule has 0 heterocycles. The Bertz CT molecular complexity index is 1550. The Morgan fingerprint density at radius 2 is 0.654 bits per heavy atom. The van der Waals surface area contributed by atoms with E-state index in [2.05, 4.69) is 182 Å². The summed E-state index contributed by atoms with van der Waals surface area (Å²) in [4.78, 5) is 0. The monoisotopic (exact) mass is 794 g/mol. The summed E-state index contributed by atoms with van der Waals surface area (Å²) in [7, 11) is -2.65. The Hall–Kier alpha value is -3.09. The van der Waals surface area contributed by atoms with Crippen LogP contribution < -0.4 is 31.8 Å². The van der Waals surface area contributed by atoms with Crippen LogP contribution in [0.3, 0.4) is 0 Å². The molecule has 0 saturated heterocycles. The summed E-state index contributed by atoms with van der Waals surface area (Å²) in [5.41, 5.74) is 0. The van der Waals surface area contributed by atoms with Gasteiger partial charge in [-0.2, -0.15) is 18.2 Å². The third-order valence-corrected chi connectivity index (χ3v) is 21.8. The number of hydrogen-bond donors (Lipinski definition) is 0. The van der Waals surface area contributed by atoms with Gasteiger partial charge >= 0.3 is 17.1 Å². The molecular formula is C47H50FeP4+4. The van der Waals surface area contributed by atoms with E-state index in [4.69, 9.17) is 0 Å². The molecule has 52 heavy (non-hydrogen) atoms. The van der Waals surface area contributed by atoms with E-state index in [0.29, 0.717) is 0 Å². The minimum absolute atomic E-state index is 0. The third-order valence-electron chi connectivity index (χ3n) is 9.33. The second-order valence-electron chi connectivity index (χ2n) is 12.7. The average Bonchev–Trinajstić information content (AvgIpc) is 3.81. The third kappa shape index (κ3) is 12.5. The van der Waals surface area contributed by atoms with Gasteiger partial charge in [0.05, 0.1) is 67.9 Å². The topological polar surface area (TPSA) is 0 Å². The van der Waals surface area contributed by atoms with Crippen molar-refractivity contribution in [1.29, 1.82) is 0 Å². The molecule has 7 aromatic carbocycles. The second kappa shape index (κ2) is 22.9. The maximum Gasteiger partial charge on any atom is 2.00 e. The van der Waals surface area contributed by atoms with Crippen LogP contribution in [0.2, 0.25) is 0 Å². The molecule has 7 rings (SSSR count). The van der Waals surface area contributed by atoms with Gasteiger partial charge in [0.25, 0.3) is 0 Å². The molecule has 0 N–H and O–H groups in total. The van der Waals surface area contributed by atoms with Crippen LogP contribution in [-0.4, -0.2) is 37.0 Å². The summed E-state index contributed by atoms with van der Waals surface area (Å²) in [5, 5.41) is 9.23. The minimum atomic E-state index is -0.838. The Kier molecular flexibility index (Phi) is 17.6. The number of benzene rings is 6. The molecule has 0 saturated carbocycles. The van der Waals surface area contributed by atoms with Gasteiger partial charge in [0.1, 0.15) is 0 Å². The molecule has 0 nitrogen and oxygen atoms in total. The first kappa shape index (κ1) is 40.1. The van der Waals surface area contributed by atoms with Crippen molar-refractivity contribution in [3.8, 4) is 0 Å². The Balaban J connectivity index is 0.000000803. The summed E-state index contributed by atoms with van der Waals surface area (Å²) >= 11 is 0. The molecule has 0 amide bonds. The van der Waals surface area contributed by atoms with Gasteiger partial charge in [0.2, 0.25) is 0 Å². The average molecular weight is 795 g/mol. The van der Waals surface area contributed by atoms with Gasteiger partial charge in [-0.15, -0.1) is 0 Å². The van der Waals surface area contributed by atoms with E-state index < -0.39 is 23.8 Å². The fraction of sp³-hybridized carbons (Fsp3) is 0.128. The van der Waals surface area contributed by atoms with Crippen LogP contribution in [0.4, 0.5) is 0 Å². The van der Waals surface area contributed by atoms with E-state index in [1.54, 1.807) is 21.2 Å². The first-order valence-electron chi connectivity index (χ1n) is 18.2. The predicted molar refractivity (Wildman–Crippen MR) is 240 cm³/mol. The van der Waals surface area contributed by atoms with Crippen LogP contribution in [-0.2, 0) is 17.1 Å². The van der Waals surface area contributed by atoms with Gasteiger partial charge in [0.15, 0.2) is 0 Å². The summed E-state index contributed by atoms with van der Waals surface area (Å²) in [6.07, 6.45) is 8.07. The molecule has 0 aliphatic carbocycles. The standard InChI is InChI=1S/C42H42P4.C5H5.Fe/c1-7-19-37(20-8-1)44(38-21-9-2-10-22-38)34-31-43(32-35-45(39-23-11-3-12-24-39)40-25-13-4-14-26-40)33-36-46(41-27-15-5-16-28-41)42-29-17-6-18-30-42;1-2-4-5-3-1;/h1-30H,31-36H2;1-5H;/q;-1;+2/p+3. The van der Waals surface area contributed by atoms with E-state index in [9.17, 15) is 0 Å². The number of rotatable bonds is 15. The van der Waals surface area contributed by atoms with Crippen LogP contribution in [0.1, 0.15) is 0 Å². The summed E-state index contributed by atoms with van der Waals surface area (Å²) < 4.78 is 0. The van der Waals surface area contributed by atoms with Gasteiger partial charge < -0.3 is 0 Å². The maximum atomic E-state index is 2.38. The minimum Gasteiger partial charge on any atom is -0.214 e. The summed E-state index contributed by atoms with van der Waals surface area (Å²) in [5.74, 6) is 0. The zero-order valence-electron chi connectivity index (χ0n) is 29.8. The molecule has 0 aliphatic heterocycles. The molecule has 0 atom stereocenters. The van der Waals surface area contributed by atoms with Gasteiger partial charge in [-0.05, 0) is 67.1 Å². The van der Waals surface area contributed by atoms with Gasteiger partial charge in [-0.3, -0.25) is 0 Å². The van der Waals surface area contributed by atoms with Crippen molar-refractivity contribution in [3.63, 3.8) is 0 Å². The number of hydrogen-bond acceptors (Lipinski definition) is 0. The first-order chi connectivity index (χ1) is 25.3. The molecule has 0 bridgehead atoms. The molecule has 262 valence electrons. The van der Waals surface area contributed by atoms with Crippen LogP contribution in [0.5, 0.6) is 0 Å². The predicted octanol–water partition coefficient (Wildman–Crippen LogP) is 9.47. The van der Waals surface area contributed by atoms with Crippen LogP contribution in [0.25, 0.3) is 0 Å². The molecule has 7 aromatic rings. The molecule has 0 aliphatic rings. The molecule has 0 spiro atoms. The Labute approximate surface area is 328 Å². The fourth-order valence-corrected chi connectivity index (χ4v) is 20.5. The first-order valence-corrected chi connectivity index (χ1v) is 25.2. The summed E-state index contributed by atoms with van der Waals surface area (Å²) in [6.45, 7) is 0. The molecular weight excluding hydrogens is 744 g/mol. The van der Waals surface area contributed by atoms with E-state index in [1.807, 2.05) is 30.3 Å². The van der Waals surface area contributed by atoms with E-state index in [0.717, 1.165) is 0 Å². The van der Waals surface area contributed by atoms with Crippen molar-refractivity contribution in [3.05, 3.63) is 212 Å². The molecule has 0 aromatic heterocycles. The zero-order valence-corrected chi connectivity index (χ0v) is 34.7. The molecule has 0 radical (unpaired) electrons. The van der Waals surface area contributed by atoms with Gasteiger partial charge in [-0.1, -0.05) is 133 Å². The van der Waals surface area contributed by atoms with Crippen LogP contribution in [0, 0.1) is 0 Å². The normalized spacial score (nSPS) is 10.9. The van der Waals surface area contributed by atoms with Crippen molar-refractivity contribution in [2.45, 2.75) is 0 Å². The van der Waals surface area contributed by atoms with E-state index in [1.165, 1.54) is 47.6 Å². The largest absolute Gasteiger partial charge is 2.00 e. The quantitative estimate of drug-likeness (QED) is 0.0552. The molecule has 0 fully saturated rings. The fourth-order valence-electron chi connectivity index (χ4n) is 6.66. The van der Waals surface area contributed by atoms with E-state index >= 15 is 0 Å². The van der Waals surface area contributed by atoms with Crippen molar-refractivity contribution >= 4 is 63.5 Å². The molecule has 0 unspecified atom stereocenters. The Morgan fingerprint density at radius 3 is 0.942 bits per heavy atom. The van der Waals surface area contributed by atoms with Crippen LogP contribution >= 0.6 is 31.7 Å². The van der Waals surface area contributed by atoms with Crippen LogP contribution in [0.15, 0.2) is 212 Å². The maximum absolute atomic E-state index is 2.38. The molecule has 5 heteroatoms. The van der Waals surface area contributed by atoms with Gasteiger partial charge in [0, 0.05) is 14.1 Å². The Morgan fingerprint density at radius 1 is 0.346 bits per heavy atom. The van der Waals surface area contributed by atoms with Crippen molar-refractivity contribution in [2.24, 2.45) is 0 Å². The smallest absolute Gasteiger partial charge is 0.214 e. The SMILES string of the molecule is [Fe+2].c1cc[cH-]c1.c1ccc(P(CC[PH+](CC[PH+](c2ccccc2)c2ccccc2)CC[PH+](c2ccccc2)c2ccccc2)c2ccccc2)cc1. The zero-order chi connectivity index (χ0) is 34.8. The van der Waals surface area contributed by atoms with Crippen molar-refractivity contribution < 1.29 is 17.1 Å². The second-order valence-corrected chi connectivity index (χ2v) is 23.3. The van der Waals surface area contributed by atoms with E-state index in [-0.39, 0.29) is 25.0 Å². The van der Waals surface area contributed by atoms with Crippen molar-refractivity contribution in [2.75, 3.05) is 37.0 Å². The summed E-state index contributed by atoms with van der Waals surface area (Å²) in [6, 6.07) is 78.2.